The summed E-state index contributed by atoms with van der Waals surface area (Å²) in [7, 11) is 0. The Balaban J connectivity index is 2.87. The summed E-state index contributed by atoms with van der Waals surface area (Å²) in [6.07, 6.45) is 3.74. The highest BCUT2D eigenvalue weighted by Crippen LogP contribution is 2.18. The van der Waals surface area contributed by atoms with Crippen molar-refractivity contribution in [2.75, 3.05) is 23.8 Å². The van der Waals surface area contributed by atoms with Crippen molar-refractivity contribution in [2.45, 2.75) is 32.7 Å². The van der Waals surface area contributed by atoms with E-state index in [-0.39, 0.29) is 6.61 Å². The summed E-state index contributed by atoms with van der Waals surface area (Å²) in [6, 6.07) is 4.17. The van der Waals surface area contributed by atoms with E-state index >= 15 is 0 Å². The third-order valence-electron chi connectivity index (χ3n) is 2.79. The molecule has 0 unspecified atom stereocenters. The zero-order valence-corrected chi connectivity index (χ0v) is 10.1. The van der Waals surface area contributed by atoms with E-state index < -0.39 is 0 Å². The SMILES string of the molecule is CCC(CC)N(CCO)c1ccc(N)cn1. The van der Waals surface area contributed by atoms with Crippen LogP contribution in [0.2, 0.25) is 0 Å². The normalized spacial score (nSPS) is 10.8. The number of hydrogen-bond donors (Lipinski definition) is 2. The maximum absolute atomic E-state index is 9.10. The van der Waals surface area contributed by atoms with Gasteiger partial charge in [0.1, 0.15) is 5.82 Å². The summed E-state index contributed by atoms with van der Waals surface area (Å²) in [5.74, 6) is 0.886. The smallest absolute Gasteiger partial charge is 0.128 e. The molecule has 0 aliphatic heterocycles. The highest BCUT2D eigenvalue weighted by Gasteiger charge is 2.15. The van der Waals surface area contributed by atoms with Crippen LogP contribution in [0.15, 0.2) is 18.3 Å². The molecule has 16 heavy (non-hydrogen) atoms. The molecule has 4 nitrogen and oxygen atoms in total. The number of nitrogens with two attached hydrogens (primary N) is 1. The van der Waals surface area contributed by atoms with Gasteiger partial charge in [-0.05, 0) is 25.0 Å². The van der Waals surface area contributed by atoms with Gasteiger partial charge in [-0.25, -0.2) is 4.98 Å². The van der Waals surface area contributed by atoms with Crippen LogP contribution in [0.25, 0.3) is 0 Å². The molecule has 1 aromatic heterocycles. The van der Waals surface area contributed by atoms with Crippen molar-refractivity contribution >= 4 is 11.5 Å². The number of aromatic nitrogens is 1. The Morgan fingerprint density at radius 3 is 2.50 bits per heavy atom. The molecule has 0 saturated heterocycles. The first-order valence-corrected chi connectivity index (χ1v) is 5.81. The number of nitrogens with zero attached hydrogens (tertiary/aromatic N) is 2. The lowest BCUT2D eigenvalue weighted by Gasteiger charge is -2.31. The first kappa shape index (κ1) is 12.8. The molecule has 0 radical (unpaired) electrons. The Bertz CT molecular complexity index is 296. The van der Waals surface area contributed by atoms with Crippen LogP contribution in [-0.4, -0.2) is 29.3 Å². The van der Waals surface area contributed by atoms with Gasteiger partial charge in [-0.15, -0.1) is 0 Å². The first-order chi connectivity index (χ1) is 7.72. The van der Waals surface area contributed by atoms with Crippen molar-refractivity contribution in [3.63, 3.8) is 0 Å². The Hall–Kier alpha value is -1.29. The summed E-state index contributed by atoms with van der Waals surface area (Å²) in [5.41, 5.74) is 6.28. The molecule has 0 atom stereocenters. The minimum atomic E-state index is 0.141. The van der Waals surface area contributed by atoms with Crippen molar-refractivity contribution in [1.29, 1.82) is 0 Å². The molecule has 0 spiro atoms. The summed E-state index contributed by atoms with van der Waals surface area (Å²) < 4.78 is 0. The number of pyridine rings is 1. The third kappa shape index (κ3) is 3.10. The lowest BCUT2D eigenvalue weighted by Crippen LogP contribution is -2.37. The minimum Gasteiger partial charge on any atom is -0.397 e. The molecule has 1 rings (SSSR count). The number of rotatable bonds is 6. The van der Waals surface area contributed by atoms with Crippen molar-refractivity contribution in [2.24, 2.45) is 0 Å². The van der Waals surface area contributed by atoms with Crippen LogP contribution in [0.1, 0.15) is 26.7 Å². The second-order valence-electron chi connectivity index (χ2n) is 3.84. The topological polar surface area (TPSA) is 62.4 Å². The number of aliphatic hydroxyl groups excluding tert-OH is 1. The maximum Gasteiger partial charge on any atom is 0.128 e. The van der Waals surface area contributed by atoms with Gasteiger partial charge in [0.15, 0.2) is 0 Å². The number of hydrogen-bond acceptors (Lipinski definition) is 4. The second-order valence-corrected chi connectivity index (χ2v) is 3.84. The Morgan fingerprint density at radius 2 is 2.06 bits per heavy atom. The van der Waals surface area contributed by atoms with E-state index in [9.17, 15) is 0 Å². The van der Waals surface area contributed by atoms with Crippen LogP contribution in [-0.2, 0) is 0 Å². The summed E-state index contributed by atoms with van der Waals surface area (Å²) in [4.78, 5) is 6.44. The summed E-state index contributed by atoms with van der Waals surface area (Å²) >= 11 is 0. The summed E-state index contributed by atoms with van der Waals surface area (Å²) in [5, 5.41) is 9.10. The fourth-order valence-corrected chi connectivity index (χ4v) is 1.89. The average molecular weight is 223 g/mol. The molecule has 0 fully saturated rings. The van der Waals surface area contributed by atoms with Crippen molar-refractivity contribution in [3.8, 4) is 0 Å². The molecular weight excluding hydrogens is 202 g/mol. The maximum atomic E-state index is 9.10. The predicted octanol–water partition coefficient (Wildman–Crippen LogP) is 1.65. The number of aliphatic hydroxyl groups is 1. The second kappa shape index (κ2) is 6.33. The van der Waals surface area contributed by atoms with Gasteiger partial charge in [0.25, 0.3) is 0 Å². The van der Waals surface area contributed by atoms with Crippen molar-refractivity contribution in [1.82, 2.24) is 4.98 Å². The van der Waals surface area contributed by atoms with Gasteiger partial charge >= 0.3 is 0 Å². The molecule has 0 aliphatic rings. The lowest BCUT2D eigenvalue weighted by atomic mass is 10.1. The molecule has 1 aromatic rings. The first-order valence-electron chi connectivity index (χ1n) is 5.81. The van der Waals surface area contributed by atoms with Crippen LogP contribution in [0, 0.1) is 0 Å². The number of nitrogen functional groups attached to an aromatic ring is 1. The van der Waals surface area contributed by atoms with E-state index in [2.05, 4.69) is 23.7 Å². The highest BCUT2D eigenvalue weighted by molar-refractivity contribution is 5.46. The zero-order valence-electron chi connectivity index (χ0n) is 10.1. The van der Waals surface area contributed by atoms with E-state index in [0.717, 1.165) is 18.7 Å². The van der Waals surface area contributed by atoms with E-state index in [1.807, 2.05) is 12.1 Å². The van der Waals surface area contributed by atoms with Gasteiger partial charge in [0, 0.05) is 12.6 Å². The van der Waals surface area contributed by atoms with E-state index in [4.69, 9.17) is 10.8 Å². The van der Waals surface area contributed by atoms with Gasteiger partial charge in [-0.2, -0.15) is 0 Å². The Morgan fingerprint density at radius 1 is 1.38 bits per heavy atom. The van der Waals surface area contributed by atoms with Crippen LogP contribution in [0.3, 0.4) is 0 Å². The Kier molecular flexibility index (Phi) is 5.05. The van der Waals surface area contributed by atoms with Crippen molar-refractivity contribution in [3.05, 3.63) is 18.3 Å². The molecule has 1 heterocycles. The average Bonchev–Trinajstić information content (AvgIpc) is 2.31. The van der Waals surface area contributed by atoms with Gasteiger partial charge < -0.3 is 15.7 Å². The van der Waals surface area contributed by atoms with Crippen LogP contribution < -0.4 is 10.6 Å². The van der Waals surface area contributed by atoms with Gasteiger partial charge in [-0.3, -0.25) is 0 Å². The monoisotopic (exact) mass is 223 g/mol. The molecule has 0 bridgehead atoms. The van der Waals surface area contributed by atoms with Crippen LogP contribution >= 0.6 is 0 Å². The molecule has 0 saturated carbocycles. The van der Waals surface area contributed by atoms with Crippen LogP contribution in [0.4, 0.5) is 11.5 Å². The molecule has 0 amide bonds. The van der Waals surface area contributed by atoms with E-state index in [1.165, 1.54) is 0 Å². The van der Waals surface area contributed by atoms with Gasteiger partial charge in [-0.1, -0.05) is 13.8 Å². The molecule has 90 valence electrons. The Labute approximate surface area is 97.1 Å². The molecule has 0 aromatic carbocycles. The highest BCUT2D eigenvalue weighted by atomic mass is 16.3. The van der Waals surface area contributed by atoms with Gasteiger partial charge in [0.05, 0.1) is 18.5 Å². The quantitative estimate of drug-likeness (QED) is 0.769. The third-order valence-corrected chi connectivity index (χ3v) is 2.79. The molecule has 4 heteroatoms. The zero-order chi connectivity index (χ0) is 12.0. The molecule has 3 N–H and O–H groups in total. The van der Waals surface area contributed by atoms with E-state index in [1.54, 1.807) is 6.20 Å². The molecular formula is C12H21N3O. The molecule has 0 aliphatic carbocycles. The minimum absolute atomic E-state index is 0.141. The standard InChI is InChI=1S/C12H21N3O/c1-3-11(4-2)15(7-8-16)12-6-5-10(13)9-14-12/h5-6,9,11,16H,3-4,7-8,13H2,1-2H3. The van der Waals surface area contributed by atoms with Gasteiger partial charge in [0.2, 0.25) is 0 Å². The lowest BCUT2D eigenvalue weighted by molar-refractivity contribution is 0.295. The fraction of sp³-hybridized carbons (Fsp3) is 0.583. The predicted molar refractivity (Wildman–Crippen MR) is 67.5 cm³/mol. The number of anilines is 2. The fourth-order valence-electron chi connectivity index (χ4n) is 1.89. The van der Waals surface area contributed by atoms with E-state index in [0.29, 0.717) is 18.3 Å². The van der Waals surface area contributed by atoms with Crippen molar-refractivity contribution < 1.29 is 5.11 Å². The largest absolute Gasteiger partial charge is 0.397 e. The van der Waals surface area contributed by atoms with Crippen LogP contribution in [0.5, 0.6) is 0 Å². The summed E-state index contributed by atoms with van der Waals surface area (Å²) in [6.45, 7) is 5.05.